The Morgan fingerprint density at radius 1 is 1.17 bits per heavy atom. The van der Waals surface area contributed by atoms with Crippen LogP contribution >= 0.6 is 0 Å². The van der Waals surface area contributed by atoms with Crippen molar-refractivity contribution in [3.8, 4) is 0 Å². The van der Waals surface area contributed by atoms with E-state index in [1.165, 1.54) is 0 Å². The molecule has 192 valence electrons. The Morgan fingerprint density at radius 2 is 1.89 bits per heavy atom. The Hall–Kier alpha value is -3.19. The molecule has 0 aliphatic rings. The number of aliphatic imine (C=N–C) groups is 1. The third kappa shape index (κ3) is 14.0. The number of hydrogen-bond donors (Lipinski definition) is 0. The van der Waals surface area contributed by atoms with Gasteiger partial charge in [-0.25, -0.2) is 4.98 Å². The lowest BCUT2D eigenvalue weighted by molar-refractivity contribution is -0.114. The number of methoxy groups -OCH3 is 1. The number of unbranched alkanes of at least 4 members (excludes halogenated alkanes) is 1. The predicted molar refractivity (Wildman–Crippen MR) is 146 cm³/mol. The third-order valence-electron chi connectivity index (χ3n) is 4.71. The summed E-state index contributed by atoms with van der Waals surface area (Å²) in [6.45, 7) is 10.8. The van der Waals surface area contributed by atoms with Gasteiger partial charge < -0.3 is 9.73 Å². The van der Waals surface area contributed by atoms with Crippen LogP contribution in [0.15, 0.2) is 53.8 Å². The van der Waals surface area contributed by atoms with Crippen LogP contribution in [0, 0.1) is 13.8 Å². The summed E-state index contributed by atoms with van der Waals surface area (Å²) in [4.78, 5) is 37.3. The van der Waals surface area contributed by atoms with Crippen LogP contribution in [-0.2, 0) is 9.53 Å². The molecule has 0 N–H and O–H groups in total. The molecule has 1 amide bonds. The van der Waals surface area contributed by atoms with Crippen molar-refractivity contribution < 1.29 is 14.3 Å². The summed E-state index contributed by atoms with van der Waals surface area (Å²) in [5, 5.41) is 0. The largest absolute Gasteiger partial charge is 0.383 e. The highest BCUT2D eigenvalue weighted by molar-refractivity contribution is 6.05. The zero-order chi connectivity index (χ0) is 26.5. The van der Waals surface area contributed by atoms with Crippen molar-refractivity contribution in [2.24, 2.45) is 4.99 Å². The van der Waals surface area contributed by atoms with Crippen LogP contribution in [0.4, 0.5) is 5.82 Å². The first kappa shape index (κ1) is 31.8. The van der Waals surface area contributed by atoms with Crippen molar-refractivity contribution in [3.63, 3.8) is 0 Å². The Morgan fingerprint density at radius 3 is 2.43 bits per heavy atom. The number of hydrogen-bond acceptors (Lipinski definition) is 6. The summed E-state index contributed by atoms with van der Waals surface area (Å²) in [7, 11) is 3.36. The van der Waals surface area contributed by atoms with Crippen LogP contribution in [0.3, 0.4) is 0 Å². The maximum absolute atomic E-state index is 12.7. The summed E-state index contributed by atoms with van der Waals surface area (Å²) in [5.41, 5.74) is 2.36. The number of pyridine rings is 2. The van der Waals surface area contributed by atoms with Gasteiger partial charge in [0.1, 0.15) is 5.82 Å². The van der Waals surface area contributed by atoms with Gasteiger partial charge in [-0.05, 0) is 69.7 Å². The van der Waals surface area contributed by atoms with Gasteiger partial charge >= 0.3 is 0 Å². The summed E-state index contributed by atoms with van der Waals surface area (Å²) >= 11 is 0. The highest BCUT2D eigenvalue weighted by Gasteiger charge is 2.20. The van der Waals surface area contributed by atoms with Crippen LogP contribution in [0.1, 0.15) is 68.1 Å². The number of allylic oxidation sites excluding steroid dienone is 2. The molecule has 0 unspecified atom stereocenters. The Labute approximate surface area is 211 Å². The molecule has 0 aromatic carbocycles. The molecule has 0 saturated heterocycles. The van der Waals surface area contributed by atoms with Gasteiger partial charge in [0.2, 0.25) is 0 Å². The molecule has 2 rings (SSSR count). The fourth-order valence-corrected chi connectivity index (χ4v) is 2.70. The van der Waals surface area contributed by atoms with Gasteiger partial charge in [0.05, 0.1) is 18.7 Å². The van der Waals surface area contributed by atoms with E-state index in [0.717, 1.165) is 30.5 Å². The number of ketones is 1. The summed E-state index contributed by atoms with van der Waals surface area (Å²) < 4.78 is 5.11. The number of aryl methyl sites for hydroxylation is 2. The number of ether oxygens (including phenoxy) is 1. The molecule has 0 bridgehead atoms. The third-order valence-corrected chi connectivity index (χ3v) is 4.71. The molecule has 0 radical (unpaired) electrons. The lowest BCUT2D eigenvalue weighted by atomic mass is 10.2. The minimum Gasteiger partial charge on any atom is -0.383 e. The van der Waals surface area contributed by atoms with E-state index in [-0.39, 0.29) is 11.7 Å². The molecular formula is C28H42N4O3. The van der Waals surface area contributed by atoms with Gasteiger partial charge in [-0.2, -0.15) is 0 Å². The van der Waals surface area contributed by atoms with Crippen molar-refractivity contribution in [1.29, 1.82) is 0 Å². The first-order valence-corrected chi connectivity index (χ1v) is 12.1. The second kappa shape index (κ2) is 20.2. The number of carbonyl (C=O) groups is 2. The number of carbonyl (C=O) groups excluding carboxylic acids is 2. The topological polar surface area (TPSA) is 84.8 Å². The number of rotatable bonds is 10. The number of aromatic nitrogens is 2. The average molecular weight is 483 g/mol. The smallest absolute Gasteiger partial charge is 0.261 e. The Kier molecular flexibility index (Phi) is 18.4. The molecule has 0 saturated carbocycles. The Balaban J connectivity index is 0.000000690. The van der Waals surface area contributed by atoms with E-state index in [1.807, 2.05) is 45.9 Å². The van der Waals surface area contributed by atoms with Crippen LogP contribution in [0.25, 0.3) is 0 Å². The van der Waals surface area contributed by atoms with Gasteiger partial charge in [-0.1, -0.05) is 32.4 Å². The van der Waals surface area contributed by atoms with Gasteiger partial charge in [-0.3, -0.25) is 19.5 Å². The molecule has 2 aromatic rings. The van der Waals surface area contributed by atoms with Crippen LogP contribution in [0.5, 0.6) is 0 Å². The molecule has 35 heavy (non-hydrogen) atoms. The molecule has 0 fully saturated rings. The van der Waals surface area contributed by atoms with Crippen molar-refractivity contribution in [3.05, 3.63) is 65.6 Å². The van der Waals surface area contributed by atoms with Crippen LogP contribution in [-0.4, -0.2) is 55.2 Å². The predicted octanol–water partition coefficient (Wildman–Crippen LogP) is 5.81. The minimum absolute atomic E-state index is 0.124. The Bertz CT molecular complexity index is 908. The molecule has 0 aliphatic heterocycles. The number of anilines is 1. The molecule has 0 atom stereocenters. The molecular weight excluding hydrogens is 440 g/mol. The number of nitrogens with zero attached hydrogens (tertiary/aromatic N) is 4. The zero-order valence-corrected chi connectivity index (χ0v) is 22.5. The second-order valence-electron chi connectivity index (χ2n) is 7.68. The van der Waals surface area contributed by atoms with Gasteiger partial charge in [0.25, 0.3) is 5.91 Å². The number of amides is 1. The fourth-order valence-electron chi connectivity index (χ4n) is 2.70. The van der Waals surface area contributed by atoms with E-state index in [2.05, 4.69) is 21.9 Å². The SMILES string of the molecule is CC/C=C/C(=O)CCCC.CC=NC.COCCN(C(=O)c1cccnc1)c1nc(C)ccc1C. The fraction of sp³-hybridized carbons (Fsp3) is 0.464. The molecule has 7 nitrogen and oxygen atoms in total. The highest BCUT2D eigenvalue weighted by Crippen LogP contribution is 2.19. The lowest BCUT2D eigenvalue weighted by Crippen LogP contribution is -2.35. The van der Waals surface area contributed by atoms with Gasteiger partial charge in [0.15, 0.2) is 5.78 Å². The van der Waals surface area contributed by atoms with Gasteiger partial charge in [0, 0.05) is 38.7 Å². The molecule has 0 aliphatic carbocycles. The van der Waals surface area contributed by atoms with Crippen LogP contribution in [0.2, 0.25) is 0 Å². The molecule has 2 aromatic heterocycles. The monoisotopic (exact) mass is 482 g/mol. The second-order valence-corrected chi connectivity index (χ2v) is 7.68. The van der Waals surface area contributed by atoms with Crippen molar-refractivity contribution >= 4 is 23.7 Å². The standard InChI is InChI=1S/C16H19N3O2.C9H16O.C3H7N/c1-12-6-7-13(2)18-15(12)19(9-10-21-3)16(20)14-5-4-8-17-11-14;1-3-5-7-9(10)8-6-4-2;1-3-4-2/h4-8,11H,9-10H2,1-3H3;5,7H,3-4,6,8H2,1-2H3;3H,1-2H3/b;7-5+;. The minimum atomic E-state index is -0.124. The molecule has 7 heteroatoms. The summed E-state index contributed by atoms with van der Waals surface area (Å²) in [5.74, 6) is 0.811. The quantitative estimate of drug-likeness (QED) is 0.315. The van der Waals surface area contributed by atoms with E-state index < -0.39 is 0 Å². The first-order valence-electron chi connectivity index (χ1n) is 12.1. The van der Waals surface area contributed by atoms with Crippen molar-refractivity contribution in [2.45, 2.75) is 60.3 Å². The van der Waals surface area contributed by atoms with E-state index in [9.17, 15) is 9.59 Å². The zero-order valence-electron chi connectivity index (χ0n) is 22.5. The van der Waals surface area contributed by atoms with E-state index in [0.29, 0.717) is 31.0 Å². The van der Waals surface area contributed by atoms with Crippen LogP contribution < -0.4 is 4.90 Å². The highest BCUT2D eigenvalue weighted by atomic mass is 16.5. The van der Waals surface area contributed by atoms with E-state index in [1.54, 1.807) is 55.9 Å². The molecule has 2 heterocycles. The lowest BCUT2D eigenvalue weighted by Gasteiger charge is -2.23. The maximum atomic E-state index is 12.7. The van der Waals surface area contributed by atoms with Crippen molar-refractivity contribution in [2.75, 3.05) is 32.2 Å². The summed E-state index contributed by atoms with van der Waals surface area (Å²) in [6.07, 6.45) is 12.4. The first-order chi connectivity index (χ1) is 16.9. The maximum Gasteiger partial charge on any atom is 0.261 e. The summed E-state index contributed by atoms with van der Waals surface area (Å²) in [6, 6.07) is 7.40. The average Bonchev–Trinajstić information content (AvgIpc) is 2.89. The van der Waals surface area contributed by atoms with Crippen molar-refractivity contribution in [1.82, 2.24) is 9.97 Å². The van der Waals surface area contributed by atoms with E-state index >= 15 is 0 Å². The van der Waals surface area contributed by atoms with E-state index in [4.69, 9.17) is 4.74 Å². The molecule has 0 spiro atoms. The normalized spacial score (nSPS) is 10.4. The van der Waals surface area contributed by atoms with Gasteiger partial charge in [-0.15, -0.1) is 0 Å².